The van der Waals surface area contributed by atoms with Crippen molar-refractivity contribution < 1.29 is 36.7 Å². The molecule has 5 nitrogen and oxygen atoms in total. The normalized spacial score (nSPS) is 32.4. The maximum atomic E-state index is 14.6. The average molecular weight is 593 g/mol. The Morgan fingerprint density at radius 3 is 2.24 bits per heavy atom. The van der Waals surface area contributed by atoms with Crippen molar-refractivity contribution in [2.75, 3.05) is 26.5 Å². The number of ether oxygens (including phenoxy) is 4. The number of allylic oxidation sites excluding steroid dienone is 1. The molecule has 2 aromatic rings. The zero-order valence-corrected chi connectivity index (χ0v) is 25.3. The molecule has 1 saturated carbocycles. The minimum Gasteiger partial charge on any atom is -0.378 e. The van der Waals surface area contributed by atoms with Gasteiger partial charge in [0.2, 0.25) is 0 Å². The maximum Gasteiger partial charge on any atom is 0.416 e. The number of rotatable bonds is 10. The monoisotopic (exact) mass is 592 g/mol. The van der Waals surface area contributed by atoms with Gasteiger partial charge >= 0.3 is 6.18 Å². The lowest BCUT2D eigenvalue weighted by atomic mass is 9.68. The Balaban J connectivity index is 1.34. The summed E-state index contributed by atoms with van der Waals surface area (Å²) in [6, 6.07) is 12.0. The Morgan fingerprint density at radius 1 is 1.10 bits per heavy atom. The van der Waals surface area contributed by atoms with Crippen LogP contribution in [-0.2, 0) is 29.7 Å². The molecule has 2 aliphatic heterocycles. The van der Waals surface area contributed by atoms with Crippen molar-refractivity contribution >= 4 is 17.8 Å². The van der Waals surface area contributed by atoms with Crippen molar-refractivity contribution in [1.29, 1.82) is 0 Å². The van der Waals surface area contributed by atoms with Gasteiger partial charge in [-0.2, -0.15) is 13.2 Å². The minimum absolute atomic E-state index is 0.00636. The van der Waals surface area contributed by atoms with Gasteiger partial charge < -0.3 is 23.5 Å². The van der Waals surface area contributed by atoms with E-state index in [1.54, 1.807) is 19.2 Å². The predicted octanol–water partition coefficient (Wildman–Crippen LogP) is 6.42. The van der Waals surface area contributed by atoms with E-state index in [9.17, 15) is 17.7 Å². The number of aryl methyl sites for hydroxylation is 1. The Labute approximate surface area is 240 Å². The van der Waals surface area contributed by atoms with Gasteiger partial charge in [0.1, 0.15) is 12.7 Å². The van der Waals surface area contributed by atoms with Crippen molar-refractivity contribution in [2.45, 2.75) is 82.6 Å². The molecule has 9 heteroatoms. The molecule has 1 aliphatic carbocycles. The van der Waals surface area contributed by atoms with Gasteiger partial charge in [-0.3, -0.25) is 0 Å². The summed E-state index contributed by atoms with van der Waals surface area (Å²) in [5.74, 6) is -0.00636. The standard InChI is InChI=1S/C32H40F3O5P/c1-21(2)6-15-27-30(4,40-27)29-28(37-5)26(16-17-31(29)20-39-31)38-18-19-41(36,24-11-7-22(3)8-12-24)25-13-9-23(10-14-25)32(33,34)35/h6-14,26-29H,15-20H2,1-5H3/t26-,27-,28-,29-,30+,31+,41?/m1/s1. The minimum atomic E-state index is -4.46. The van der Waals surface area contributed by atoms with Gasteiger partial charge in [-0.1, -0.05) is 53.6 Å². The summed E-state index contributed by atoms with van der Waals surface area (Å²) in [4.78, 5) is 0. The third kappa shape index (κ3) is 6.09. The largest absolute Gasteiger partial charge is 0.416 e. The third-order valence-electron chi connectivity index (χ3n) is 9.04. The van der Waals surface area contributed by atoms with E-state index >= 15 is 0 Å². The molecule has 3 fully saturated rings. The van der Waals surface area contributed by atoms with Crippen LogP contribution in [0.2, 0.25) is 0 Å². The molecule has 2 heterocycles. The number of benzene rings is 2. The van der Waals surface area contributed by atoms with Crippen molar-refractivity contribution in [1.82, 2.24) is 0 Å². The van der Waals surface area contributed by atoms with Gasteiger partial charge in [-0.05, 0) is 59.1 Å². The summed E-state index contributed by atoms with van der Waals surface area (Å²) in [5.41, 5.74) is 0.836. The van der Waals surface area contributed by atoms with E-state index in [0.29, 0.717) is 17.2 Å². The molecule has 41 heavy (non-hydrogen) atoms. The van der Waals surface area contributed by atoms with Crippen LogP contribution in [0.1, 0.15) is 51.2 Å². The van der Waals surface area contributed by atoms with Crippen LogP contribution in [0, 0.1) is 12.8 Å². The molecule has 1 unspecified atom stereocenters. The highest BCUT2D eigenvalue weighted by Crippen LogP contribution is 2.59. The molecule has 0 amide bonds. The highest BCUT2D eigenvalue weighted by Gasteiger charge is 2.72. The topological polar surface area (TPSA) is 60.6 Å². The van der Waals surface area contributed by atoms with E-state index in [-0.39, 0.29) is 48.2 Å². The van der Waals surface area contributed by atoms with Gasteiger partial charge in [0.25, 0.3) is 0 Å². The fourth-order valence-corrected chi connectivity index (χ4v) is 8.98. The van der Waals surface area contributed by atoms with Gasteiger partial charge in [0, 0.05) is 23.9 Å². The molecular weight excluding hydrogens is 552 g/mol. The fraction of sp³-hybridized carbons (Fsp3) is 0.562. The third-order valence-corrected chi connectivity index (χ3v) is 12.1. The molecule has 5 rings (SSSR count). The Bertz CT molecular complexity index is 1300. The number of hydrogen-bond acceptors (Lipinski definition) is 5. The van der Waals surface area contributed by atoms with Gasteiger partial charge in [-0.15, -0.1) is 0 Å². The van der Waals surface area contributed by atoms with Crippen molar-refractivity contribution in [3.63, 3.8) is 0 Å². The summed E-state index contributed by atoms with van der Waals surface area (Å²) in [5, 5.41) is 0.983. The Morgan fingerprint density at radius 2 is 1.71 bits per heavy atom. The van der Waals surface area contributed by atoms with E-state index in [2.05, 4.69) is 26.8 Å². The first-order chi connectivity index (χ1) is 19.3. The number of epoxide rings is 2. The van der Waals surface area contributed by atoms with Crippen LogP contribution < -0.4 is 10.6 Å². The van der Waals surface area contributed by atoms with Crippen LogP contribution in [0.15, 0.2) is 60.2 Å². The number of hydrogen-bond donors (Lipinski definition) is 0. The van der Waals surface area contributed by atoms with Crippen LogP contribution in [0.4, 0.5) is 13.2 Å². The van der Waals surface area contributed by atoms with Crippen LogP contribution in [0.3, 0.4) is 0 Å². The van der Waals surface area contributed by atoms with Crippen molar-refractivity contribution in [3.05, 3.63) is 71.3 Å². The maximum absolute atomic E-state index is 14.6. The average Bonchev–Trinajstić information content (AvgIpc) is 3.85. The summed E-state index contributed by atoms with van der Waals surface area (Å²) in [6.07, 6.45) is -0.138. The lowest BCUT2D eigenvalue weighted by Crippen LogP contribution is -2.55. The van der Waals surface area contributed by atoms with Crippen molar-refractivity contribution in [2.24, 2.45) is 5.92 Å². The highest BCUT2D eigenvalue weighted by atomic mass is 31.2. The summed E-state index contributed by atoms with van der Waals surface area (Å²) < 4.78 is 79.0. The van der Waals surface area contributed by atoms with Gasteiger partial charge in [0.05, 0.1) is 48.6 Å². The van der Waals surface area contributed by atoms with Crippen LogP contribution >= 0.6 is 7.14 Å². The zero-order chi connectivity index (χ0) is 29.6. The summed E-state index contributed by atoms with van der Waals surface area (Å²) >= 11 is 0. The zero-order valence-electron chi connectivity index (χ0n) is 24.4. The summed E-state index contributed by atoms with van der Waals surface area (Å²) in [6.45, 7) is 9.08. The first-order valence-electron chi connectivity index (χ1n) is 14.3. The Hall–Kier alpha value is -1.96. The van der Waals surface area contributed by atoms with Crippen molar-refractivity contribution in [3.8, 4) is 0 Å². The molecule has 0 N–H and O–H groups in total. The second kappa shape index (κ2) is 11.3. The highest BCUT2D eigenvalue weighted by molar-refractivity contribution is 7.78. The van der Waals surface area contributed by atoms with Crippen LogP contribution in [0.5, 0.6) is 0 Å². The van der Waals surface area contributed by atoms with E-state index in [1.807, 2.05) is 19.1 Å². The van der Waals surface area contributed by atoms with Gasteiger partial charge in [-0.25, -0.2) is 0 Å². The van der Waals surface area contributed by atoms with Crippen LogP contribution in [0.25, 0.3) is 0 Å². The van der Waals surface area contributed by atoms with Crippen LogP contribution in [-0.4, -0.2) is 56.0 Å². The van der Waals surface area contributed by atoms with E-state index < -0.39 is 18.9 Å². The fourth-order valence-electron chi connectivity index (χ4n) is 6.54. The lowest BCUT2D eigenvalue weighted by molar-refractivity contribution is -0.137. The molecule has 0 aromatic heterocycles. The molecular formula is C32H40F3O5P. The lowest BCUT2D eigenvalue weighted by Gasteiger charge is -2.43. The second-order valence-corrected chi connectivity index (χ2v) is 15.1. The van der Waals surface area contributed by atoms with E-state index in [1.165, 1.54) is 17.7 Å². The molecule has 0 bridgehead atoms. The number of methoxy groups -OCH3 is 1. The SMILES string of the molecule is CO[C@@H]1[C@H](OCCP(=O)(c2ccc(C)cc2)c2ccc(C(F)(F)F)cc2)CC[C@]2(CO2)[C@H]1[C@@]1(C)O[C@@H]1CC=C(C)C. The number of halogens is 3. The summed E-state index contributed by atoms with van der Waals surface area (Å²) in [7, 11) is -1.59. The molecule has 0 radical (unpaired) electrons. The van der Waals surface area contributed by atoms with E-state index in [0.717, 1.165) is 37.0 Å². The Kier molecular flexibility index (Phi) is 8.39. The first kappa shape index (κ1) is 30.5. The second-order valence-electron chi connectivity index (χ2n) is 12.1. The molecule has 2 aromatic carbocycles. The molecule has 224 valence electrons. The van der Waals surface area contributed by atoms with E-state index in [4.69, 9.17) is 18.9 Å². The molecule has 3 aliphatic rings. The molecule has 1 spiro atoms. The first-order valence-corrected chi connectivity index (χ1v) is 16.2. The number of alkyl halides is 3. The smallest absolute Gasteiger partial charge is 0.378 e. The quantitative estimate of drug-likeness (QED) is 0.181. The van der Waals surface area contributed by atoms with Gasteiger partial charge in [0.15, 0.2) is 0 Å². The molecule has 2 saturated heterocycles. The molecule has 7 atom stereocenters. The predicted molar refractivity (Wildman–Crippen MR) is 154 cm³/mol.